The molecular weight excluding hydrogens is 440 g/mol. The summed E-state index contributed by atoms with van der Waals surface area (Å²) in [6.07, 6.45) is 0. The van der Waals surface area contributed by atoms with Gasteiger partial charge in [-0.05, 0) is 49.6 Å². The van der Waals surface area contributed by atoms with Crippen molar-refractivity contribution >= 4 is 29.2 Å². The number of carbonyl (C=O) groups is 2. The van der Waals surface area contributed by atoms with E-state index >= 15 is 0 Å². The van der Waals surface area contributed by atoms with Crippen LogP contribution in [0.4, 0.5) is 5.82 Å². The molecule has 0 bridgehead atoms. The normalized spacial score (nSPS) is 11.2. The highest BCUT2D eigenvalue weighted by atomic mass is 35.5. The maximum atomic E-state index is 12.0. The molecule has 0 atom stereocenters. The third kappa shape index (κ3) is 7.89. The SMILES string of the molecule is CCOc1cc(CNCCNC(=O)c2nonc2N)c(Cl)cc1OCC(=O)NC(C)(C)C. The highest BCUT2D eigenvalue weighted by molar-refractivity contribution is 6.31. The van der Waals surface area contributed by atoms with Gasteiger partial charge in [-0.15, -0.1) is 0 Å². The average Bonchev–Trinajstić information content (AvgIpc) is 3.13. The highest BCUT2D eigenvalue weighted by Gasteiger charge is 2.17. The van der Waals surface area contributed by atoms with Crippen molar-refractivity contribution in [2.24, 2.45) is 0 Å². The van der Waals surface area contributed by atoms with Gasteiger partial charge in [0.05, 0.1) is 6.61 Å². The van der Waals surface area contributed by atoms with E-state index in [0.717, 1.165) is 5.56 Å². The van der Waals surface area contributed by atoms with E-state index in [0.29, 0.717) is 42.8 Å². The van der Waals surface area contributed by atoms with E-state index in [4.69, 9.17) is 26.8 Å². The number of halogens is 1. The van der Waals surface area contributed by atoms with Gasteiger partial charge < -0.3 is 31.2 Å². The predicted octanol–water partition coefficient (Wildman–Crippen LogP) is 1.52. The maximum Gasteiger partial charge on any atom is 0.277 e. The molecule has 0 unspecified atom stereocenters. The van der Waals surface area contributed by atoms with Crippen LogP contribution in [-0.2, 0) is 11.3 Å². The van der Waals surface area contributed by atoms with E-state index < -0.39 is 5.91 Å². The van der Waals surface area contributed by atoms with Crippen molar-refractivity contribution in [1.29, 1.82) is 0 Å². The van der Waals surface area contributed by atoms with E-state index in [-0.39, 0.29) is 29.6 Å². The first kappa shape index (κ1) is 25.2. The molecule has 0 saturated carbocycles. The van der Waals surface area contributed by atoms with E-state index in [1.54, 1.807) is 12.1 Å². The fourth-order valence-corrected chi connectivity index (χ4v) is 2.84. The Hall–Kier alpha value is -3.05. The molecule has 1 aromatic heterocycles. The van der Waals surface area contributed by atoms with E-state index in [9.17, 15) is 9.59 Å². The first-order valence-corrected chi connectivity index (χ1v) is 10.4. The molecule has 0 fully saturated rings. The van der Waals surface area contributed by atoms with E-state index in [1.165, 1.54) is 0 Å². The molecule has 0 radical (unpaired) electrons. The number of anilines is 1. The van der Waals surface area contributed by atoms with Gasteiger partial charge in [0, 0.05) is 36.3 Å². The Kier molecular flexibility index (Phi) is 9.09. The smallest absolute Gasteiger partial charge is 0.277 e. The average molecular weight is 469 g/mol. The summed E-state index contributed by atoms with van der Waals surface area (Å²) >= 11 is 6.39. The van der Waals surface area contributed by atoms with Crippen LogP contribution in [0.25, 0.3) is 0 Å². The Morgan fingerprint density at radius 1 is 1.16 bits per heavy atom. The number of benzene rings is 1. The maximum absolute atomic E-state index is 12.0. The van der Waals surface area contributed by atoms with Gasteiger partial charge in [0.15, 0.2) is 18.1 Å². The van der Waals surface area contributed by atoms with Gasteiger partial charge >= 0.3 is 0 Å². The number of nitrogens with one attached hydrogen (secondary N) is 3. The number of aromatic nitrogens is 2. The molecule has 0 saturated heterocycles. The van der Waals surface area contributed by atoms with E-state index in [2.05, 4.69) is 30.9 Å². The van der Waals surface area contributed by atoms with Gasteiger partial charge in [0.2, 0.25) is 11.5 Å². The molecule has 0 aliphatic rings. The van der Waals surface area contributed by atoms with Crippen molar-refractivity contribution in [3.05, 3.63) is 28.4 Å². The zero-order valence-electron chi connectivity index (χ0n) is 18.6. The predicted molar refractivity (Wildman–Crippen MR) is 119 cm³/mol. The van der Waals surface area contributed by atoms with Crippen LogP contribution in [-0.4, -0.2) is 54.0 Å². The van der Waals surface area contributed by atoms with Gasteiger partial charge in [-0.25, -0.2) is 4.63 Å². The minimum atomic E-state index is -0.473. The Bertz CT molecular complexity index is 928. The molecule has 2 rings (SSSR count). The molecule has 0 spiro atoms. The summed E-state index contributed by atoms with van der Waals surface area (Å²) in [6.45, 7) is 9.00. The number of ether oxygens (including phenoxy) is 2. The number of rotatable bonds is 11. The number of nitrogens with two attached hydrogens (primary N) is 1. The summed E-state index contributed by atoms with van der Waals surface area (Å²) in [5.74, 6) is 0.0884. The van der Waals surface area contributed by atoms with Gasteiger partial charge in [0.25, 0.3) is 11.8 Å². The molecule has 12 heteroatoms. The van der Waals surface area contributed by atoms with Crippen LogP contribution in [0.1, 0.15) is 43.7 Å². The first-order chi connectivity index (χ1) is 15.1. The van der Waals surface area contributed by atoms with Crippen LogP contribution in [0.5, 0.6) is 11.5 Å². The van der Waals surface area contributed by atoms with Crippen molar-refractivity contribution < 1.29 is 23.7 Å². The second-order valence-corrected chi connectivity index (χ2v) is 8.25. The van der Waals surface area contributed by atoms with Crippen molar-refractivity contribution in [3.63, 3.8) is 0 Å². The lowest BCUT2D eigenvalue weighted by atomic mass is 10.1. The third-order valence-corrected chi connectivity index (χ3v) is 4.27. The lowest BCUT2D eigenvalue weighted by Gasteiger charge is -2.21. The second-order valence-electron chi connectivity index (χ2n) is 7.84. The number of nitrogen functional groups attached to an aromatic ring is 1. The summed E-state index contributed by atoms with van der Waals surface area (Å²) in [5, 5.41) is 15.9. The molecule has 176 valence electrons. The summed E-state index contributed by atoms with van der Waals surface area (Å²) in [5.41, 5.74) is 5.85. The lowest BCUT2D eigenvalue weighted by Crippen LogP contribution is -2.43. The molecule has 5 N–H and O–H groups in total. The molecule has 2 aromatic rings. The molecular formula is C20H29ClN6O5. The van der Waals surface area contributed by atoms with Gasteiger partial charge in [-0.2, -0.15) is 0 Å². The Morgan fingerprint density at radius 3 is 2.50 bits per heavy atom. The Labute approximate surface area is 191 Å². The van der Waals surface area contributed by atoms with Crippen LogP contribution >= 0.6 is 11.6 Å². The van der Waals surface area contributed by atoms with Crippen LogP contribution in [0.3, 0.4) is 0 Å². The third-order valence-electron chi connectivity index (χ3n) is 3.92. The molecule has 0 aliphatic carbocycles. The molecule has 1 aromatic carbocycles. The highest BCUT2D eigenvalue weighted by Crippen LogP contribution is 2.33. The summed E-state index contributed by atoms with van der Waals surface area (Å²) in [7, 11) is 0. The van der Waals surface area contributed by atoms with Crippen molar-refractivity contribution in [3.8, 4) is 11.5 Å². The quantitative estimate of drug-likeness (QED) is 0.359. The number of hydrogen-bond donors (Lipinski definition) is 4. The molecule has 2 amide bonds. The molecule has 11 nitrogen and oxygen atoms in total. The molecule has 0 aliphatic heterocycles. The minimum absolute atomic E-state index is 0.0545. The second kappa shape index (κ2) is 11.5. The van der Waals surface area contributed by atoms with Crippen LogP contribution < -0.4 is 31.2 Å². The van der Waals surface area contributed by atoms with Crippen molar-refractivity contribution in [2.45, 2.75) is 39.8 Å². The summed E-state index contributed by atoms with van der Waals surface area (Å²) in [4.78, 5) is 23.9. The fraction of sp³-hybridized carbons (Fsp3) is 0.500. The van der Waals surface area contributed by atoms with Crippen LogP contribution in [0, 0.1) is 0 Å². The topological polar surface area (TPSA) is 154 Å². The monoisotopic (exact) mass is 468 g/mol. The van der Waals surface area contributed by atoms with Crippen LogP contribution in [0.15, 0.2) is 16.8 Å². The van der Waals surface area contributed by atoms with Gasteiger partial charge in [0.1, 0.15) is 0 Å². The molecule has 32 heavy (non-hydrogen) atoms. The van der Waals surface area contributed by atoms with E-state index in [1.807, 2.05) is 27.7 Å². The molecule has 1 heterocycles. The standard InChI is InChI=1S/C20H29ClN6O5/c1-5-30-14-8-12(10-23-6-7-24-19(29)17-18(22)27-32-26-17)13(21)9-15(14)31-11-16(28)25-20(2,3)4/h8-9,23H,5-7,10-11H2,1-4H3,(H2,22,27)(H,24,29)(H,25,28). The van der Waals surface area contributed by atoms with Crippen molar-refractivity contribution in [1.82, 2.24) is 26.3 Å². The van der Waals surface area contributed by atoms with Gasteiger partial charge in [-0.1, -0.05) is 11.6 Å². The number of amides is 2. The number of nitrogens with zero attached hydrogens (tertiary/aromatic N) is 2. The fourth-order valence-electron chi connectivity index (χ4n) is 2.62. The zero-order valence-corrected chi connectivity index (χ0v) is 19.3. The van der Waals surface area contributed by atoms with Crippen LogP contribution in [0.2, 0.25) is 5.02 Å². The van der Waals surface area contributed by atoms with Gasteiger partial charge in [-0.3, -0.25) is 9.59 Å². The number of hydrogen-bond acceptors (Lipinski definition) is 9. The minimum Gasteiger partial charge on any atom is -0.490 e. The lowest BCUT2D eigenvalue weighted by molar-refractivity contribution is -0.124. The summed E-state index contributed by atoms with van der Waals surface area (Å²) in [6, 6.07) is 3.38. The Balaban J connectivity index is 1.89. The number of carbonyl (C=O) groups excluding carboxylic acids is 2. The first-order valence-electron chi connectivity index (χ1n) is 10.1. The summed E-state index contributed by atoms with van der Waals surface area (Å²) < 4.78 is 15.7. The largest absolute Gasteiger partial charge is 0.490 e. The Morgan fingerprint density at radius 2 is 1.88 bits per heavy atom. The van der Waals surface area contributed by atoms with Crippen molar-refractivity contribution in [2.75, 3.05) is 32.0 Å². The zero-order chi connectivity index (χ0) is 23.7.